The zero-order valence-corrected chi connectivity index (χ0v) is 22.9. The lowest BCUT2D eigenvalue weighted by Crippen LogP contribution is -2.52. The van der Waals surface area contributed by atoms with E-state index in [-0.39, 0.29) is 33.1 Å². The fraction of sp³-hybridized carbons (Fsp3) is 0.259. The maximum absolute atomic E-state index is 13.7. The number of hydrogen-bond donors (Lipinski definition) is 1. The maximum atomic E-state index is 13.7. The number of likely N-dealkylation sites (N-methyl/N-ethyl adjacent to an activating group) is 1. The van der Waals surface area contributed by atoms with Gasteiger partial charge in [0.25, 0.3) is 10.0 Å². The summed E-state index contributed by atoms with van der Waals surface area (Å²) in [7, 11) is -4.20. The minimum Gasteiger partial charge on any atom is -0.355 e. The number of carbonyl (C=O) groups excluding carboxylic acids is 2. The van der Waals surface area contributed by atoms with E-state index >= 15 is 0 Å². The van der Waals surface area contributed by atoms with Gasteiger partial charge in [0.1, 0.15) is 12.6 Å². The number of sulfonamides is 1. The van der Waals surface area contributed by atoms with E-state index in [4.69, 9.17) is 23.2 Å². The van der Waals surface area contributed by atoms with Gasteiger partial charge >= 0.3 is 0 Å². The van der Waals surface area contributed by atoms with Crippen molar-refractivity contribution in [3.05, 3.63) is 94.5 Å². The predicted octanol–water partition coefficient (Wildman–Crippen LogP) is 4.78. The smallest absolute Gasteiger partial charge is 0.264 e. The number of halogens is 2. The van der Waals surface area contributed by atoms with Crippen molar-refractivity contribution in [3.63, 3.8) is 0 Å². The second-order valence-electron chi connectivity index (χ2n) is 8.29. The van der Waals surface area contributed by atoms with Gasteiger partial charge in [-0.05, 0) is 50.1 Å². The first-order chi connectivity index (χ1) is 17.7. The summed E-state index contributed by atoms with van der Waals surface area (Å²) in [6.45, 7) is 3.45. The number of anilines is 1. The molecule has 1 N–H and O–H groups in total. The largest absolute Gasteiger partial charge is 0.355 e. The minimum atomic E-state index is -4.20. The normalized spacial score (nSPS) is 12.0. The van der Waals surface area contributed by atoms with Gasteiger partial charge in [0.05, 0.1) is 20.6 Å². The third kappa shape index (κ3) is 7.03. The fourth-order valence-electron chi connectivity index (χ4n) is 3.81. The van der Waals surface area contributed by atoms with Crippen LogP contribution in [0.15, 0.2) is 83.8 Å². The van der Waals surface area contributed by atoms with E-state index in [0.29, 0.717) is 13.0 Å². The van der Waals surface area contributed by atoms with Crippen LogP contribution in [0.4, 0.5) is 5.69 Å². The summed E-state index contributed by atoms with van der Waals surface area (Å²) in [5.74, 6) is -0.882. The molecule has 10 heteroatoms. The molecule has 3 aromatic rings. The second kappa shape index (κ2) is 12.9. The number of hydrogen-bond acceptors (Lipinski definition) is 4. The average molecular weight is 563 g/mol. The summed E-state index contributed by atoms with van der Waals surface area (Å²) < 4.78 is 28.4. The van der Waals surface area contributed by atoms with E-state index in [1.165, 1.54) is 29.2 Å². The molecule has 0 bridgehead atoms. The summed E-state index contributed by atoms with van der Waals surface area (Å²) in [4.78, 5) is 27.8. The highest BCUT2D eigenvalue weighted by molar-refractivity contribution is 7.92. The van der Waals surface area contributed by atoms with Gasteiger partial charge < -0.3 is 10.2 Å². The Hall–Kier alpha value is -3.07. The molecular formula is C27H29Cl2N3O4S. The molecule has 7 nitrogen and oxygen atoms in total. The Morgan fingerprint density at radius 3 is 2.16 bits per heavy atom. The first kappa shape index (κ1) is 28.5. The van der Waals surface area contributed by atoms with Crippen molar-refractivity contribution >= 4 is 50.7 Å². The van der Waals surface area contributed by atoms with Crippen LogP contribution in [-0.4, -0.2) is 50.8 Å². The van der Waals surface area contributed by atoms with Crippen LogP contribution in [0.1, 0.15) is 19.4 Å². The first-order valence-corrected chi connectivity index (χ1v) is 14.0. The van der Waals surface area contributed by atoms with Crippen LogP contribution in [0.2, 0.25) is 10.0 Å². The van der Waals surface area contributed by atoms with Crippen LogP contribution >= 0.6 is 23.2 Å². The van der Waals surface area contributed by atoms with Crippen molar-refractivity contribution in [2.45, 2.75) is 31.2 Å². The molecule has 0 saturated heterocycles. The van der Waals surface area contributed by atoms with Crippen molar-refractivity contribution < 1.29 is 18.0 Å². The van der Waals surface area contributed by atoms with Crippen LogP contribution in [0, 0.1) is 0 Å². The minimum absolute atomic E-state index is 0.00378. The highest BCUT2D eigenvalue weighted by Gasteiger charge is 2.33. The molecule has 196 valence electrons. The van der Waals surface area contributed by atoms with E-state index in [1.54, 1.807) is 38.1 Å². The second-order valence-corrected chi connectivity index (χ2v) is 10.9. The Labute approximate surface area is 228 Å². The lowest BCUT2D eigenvalue weighted by molar-refractivity contribution is -0.138. The Bertz CT molecular complexity index is 1320. The topological polar surface area (TPSA) is 86.8 Å². The molecule has 3 rings (SSSR count). The fourth-order valence-corrected chi connectivity index (χ4v) is 5.70. The van der Waals surface area contributed by atoms with Crippen molar-refractivity contribution in [1.82, 2.24) is 10.2 Å². The standard InChI is InChI=1S/C27H29Cl2N3O4S/c1-3-30-27(34)20(2)31(18-17-21-11-6-4-7-12-21)25(33)19-32(24-16-10-15-23(28)26(24)29)37(35,36)22-13-8-5-9-14-22/h4-16,20H,3,17-19H2,1-2H3,(H,30,34)/t20-/m1/s1. The van der Waals surface area contributed by atoms with Gasteiger partial charge in [0, 0.05) is 13.1 Å². The number of rotatable bonds is 11. The molecule has 1 atom stereocenters. The molecule has 0 aromatic heterocycles. The van der Waals surface area contributed by atoms with Crippen LogP contribution in [-0.2, 0) is 26.0 Å². The summed E-state index contributed by atoms with van der Waals surface area (Å²) >= 11 is 12.6. The molecule has 0 saturated carbocycles. The molecular weight excluding hydrogens is 533 g/mol. The Morgan fingerprint density at radius 1 is 0.919 bits per heavy atom. The molecule has 0 aliphatic carbocycles. The van der Waals surface area contributed by atoms with Crippen LogP contribution in [0.25, 0.3) is 0 Å². The van der Waals surface area contributed by atoms with Gasteiger partial charge in [-0.25, -0.2) is 8.42 Å². The van der Waals surface area contributed by atoms with Crippen molar-refractivity contribution in [2.75, 3.05) is 23.9 Å². The summed E-state index contributed by atoms with van der Waals surface area (Å²) in [5.41, 5.74) is 1.05. The molecule has 0 unspecified atom stereocenters. The lowest BCUT2D eigenvalue weighted by atomic mass is 10.1. The zero-order valence-electron chi connectivity index (χ0n) is 20.6. The number of nitrogens with zero attached hydrogens (tertiary/aromatic N) is 2. The Balaban J connectivity index is 2.00. The van der Waals surface area contributed by atoms with E-state index in [9.17, 15) is 18.0 Å². The molecule has 0 spiro atoms. The molecule has 0 fully saturated rings. The van der Waals surface area contributed by atoms with Crippen molar-refractivity contribution in [3.8, 4) is 0 Å². The summed E-state index contributed by atoms with van der Waals surface area (Å²) in [6, 6.07) is 21.1. The third-order valence-corrected chi connectivity index (χ3v) is 8.40. The first-order valence-electron chi connectivity index (χ1n) is 11.8. The highest BCUT2D eigenvalue weighted by Crippen LogP contribution is 2.35. The number of benzene rings is 3. The van der Waals surface area contributed by atoms with Crippen LogP contribution in [0.5, 0.6) is 0 Å². The lowest BCUT2D eigenvalue weighted by Gasteiger charge is -2.32. The SMILES string of the molecule is CCNC(=O)[C@@H](C)N(CCc1ccccc1)C(=O)CN(c1cccc(Cl)c1Cl)S(=O)(=O)c1ccccc1. The summed E-state index contributed by atoms with van der Waals surface area (Å²) in [5, 5.41) is 2.89. The van der Waals surface area contributed by atoms with E-state index in [1.807, 2.05) is 30.3 Å². The monoisotopic (exact) mass is 561 g/mol. The maximum Gasteiger partial charge on any atom is 0.264 e. The quantitative estimate of drug-likeness (QED) is 0.364. The number of amides is 2. The molecule has 0 heterocycles. The summed E-state index contributed by atoms with van der Waals surface area (Å²) in [6.07, 6.45) is 0.486. The van der Waals surface area contributed by atoms with Gasteiger partial charge in [-0.3, -0.25) is 13.9 Å². The average Bonchev–Trinajstić information content (AvgIpc) is 2.90. The highest BCUT2D eigenvalue weighted by atomic mass is 35.5. The molecule has 2 amide bonds. The zero-order chi connectivity index (χ0) is 27.0. The van der Waals surface area contributed by atoms with Crippen LogP contribution in [0.3, 0.4) is 0 Å². The van der Waals surface area contributed by atoms with Gasteiger partial charge in [-0.15, -0.1) is 0 Å². The Morgan fingerprint density at radius 2 is 1.54 bits per heavy atom. The molecule has 37 heavy (non-hydrogen) atoms. The van der Waals surface area contributed by atoms with E-state index < -0.39 is 28.5 Å². The molecule has 3 aromatic carbocycles. The van der Waals surface area contributed by atoms with Crippen LogP contribution < -0.4 is 9.62 Å². The number of nitrogens with one attached hydrogen (secondary N) is 1. The van der Waals surface area contributed by atoms with Gasteiger partial charge in [-0.2, -0.15) is 0 Å². The van der Waals surface area contributed by atoms with E-state index in [0.717, 1.165) is 9.87 Å². The van der Waals surface area contributed by atoms with Crippen molar-refractivity contribution in [1.29, 1.82) is 0 Å². The molecule has 0 radical (unpaired) electrons. The Kier molecular flexibility index (Phi) is 9.97. The third-order valence-electron chi connectivity index (χ3n) is 5.81. The predicted molar refractivity (Wildman–Crippen MR) is 147 cm³/mol. The van der Waals surface area contributed by atoms with Gasteiger partial charge in [0.15, 0.2) is 0 Å². The van der Waals surface area contributed by atoms with Gasteiger partial charge in [-0.1, -0.05) is 77.8 Å². The van der Waals surface area contributed by atoms with Gasteiger partial charge in [0.2, 0.25) is 11.8 Å². The van der Waals surface area contributed by atoms with Crippen molar-refractivity contribution in [2.24, 2.45) is 0 Å². The molecule has 0 aliphatic heterocycles. The molecule has 0 aliphatic rings. The van der Waals surface area contributed by atoms with E-state index in [2.05, 4.69) is 5.32 Å². The number of carbonyl (C=O) groups is 2.